The lowest BCUT2D eigenvalue weighted by molar-refractivity contribution is 0.321. The summed E-state index contributed by atoms with van der Waals surface area (Å²) in [6.07, 6.45) is 2.58. The second-order valence-corrected chi connectivity index (χ2v) is 4.36. The van der Waals surface area contributed by atoms with Gasteiger partial charge in [0.1, 0.15) is 0 Å². The van der Waals surface area contributed by atoms with Crippen molar-refractivity contribution < 1.29 is 0 Å². The Labute approximate surface area is 75.2 Å². The minimum Gasteiger partial charge on any atom is -0.272 e. The first-order valence-corrected chi connectivity index (χ1v) is 5.00. The fourth-order valence-corrected chi connectivity index (χ4v) is 2.38. The largest absolute Gasteiger partial charge is 0.272 e. The third kappa shape index (κ3) is 1.60. The Morgan fingerprint density at radius 1 is 1.45 bits per heavy atom. The van der Waals surface area contributed by atoms with Crippen molar-refractivity contribution in [2.75, 3.05) is 13.1 Å². The first-order valence-electron chi connectivity index (χ1n) is 3.72. The molecule has 0 spiro atoms. The molecule has 2 rings (SSSR count). The van der Waals surface area contributed by atoms with E-state index in [1.165, 1.54) is 12.8 Å². The maximum Gasteiger partial charge on any atom is 0.185 e. The zero-order chi connectivity index (χ0) is 7.68. The average molecular weight is 187 g/mol. The molecular weight excluding hydrogens is 178 g/mol. The highest BCUT2D eigenvalue weighted by Gasteiger charge is 2.26. The van der Waals surface area contributed by atoms with Gasteiger partial charge in [-0.2, -0.15) is 5.11 Å². The minimum atomic E-state index is 0.199. The quantitative estimate of drug-likeness (QED) is 0.586. The number of nitrogens with zero attached hydrogens (tertiary/aromatic N) is 3. The summed E-state index contributed by atoms with van der Waals surface area (Å²) in [7, 11) is 0. The summed E-state index contributed by atoms with van der Waals surface area (Å²) in [6.45, 7) is 2.30. The fraction of sp³-hybridized carbons (Fsp3) is 0.833. The van der Waals surface area contributed by atoms with Crippen LogP contribution in [0.4, 0.5) is 0 Å². The molecule has 1 saturated heterocycles. The summed E-state index contributed by atoms with van der Waals surface area (Å²) in [5.41, 5.74) is 0.199. The number of thiocarbonyl (C=S) groups is 1. The lowest BCUT2D eigenvalue weighted by Gasteiger charge is -2.16. The number of rotatable bonds is 1. The molecule has 2 aliphatic rings. The van der Waals surface area contributed by atoms with Gasteiger partial charge < -0.3 is 0 Å². The predicted octanol–water partition coefficient (Wildman–Crippen LogP) is 1.85. The normalized spacial score (nSPS) is 32.0. The molecule has 0 aromatic rings. The van der Waals surface area contributed by atoms with Crippen molar-refractivity contribution in [2.45, 2.75) is 18.3 Å². The van der Waals surface area contributed by atoms with Crippen LogP contribution >= 0.6 is 24.0 Å². The lowest BCUT2D eigenvalue weighted by atomic mass is 10.4. The molecule has 1 unspecified atom stereocenters. The number of hydrogen-bond acceptors (Lipinski definition) is 4. The summed E-state index contributed by atoms with van der Waals surface area (Å²) < 4.78 is 0.682. The molecule has 0 aliphatic carbocycles. The molecule has 11 heavy (non-hydrogen) atoms. The summed E-state index contributed by atoms with van der Waals surface area (Å²) in [6, 6.07) is 0. The van der Waals surface area contributed by atoms with Crippen LogP contribution in [0.5, 0.6) is 0 Å². The van der Waals surface area contributed by atoms with Gasteiger partial charge in [-0.1, -0.05) is 0 Å². The van der Waals surface area contributed by atoms with Gasteiger partial charge in [-0.25, -0.2) is 0 Å². The Kier molecular flexibility index (Phi) is 2.20. The van der Waals surface area contributed by atoms with Crippen molar-refractivity contribution in [3.8, 4) is 0 Å². The van der Waals surface area contributed by atoms with E-state index < -0.39 is 0 Å². The average Bonchev–Trinajstić information content (AvgIpc) is 2.55. The van der Waals surface area contributed by atoms with Crippen molar-refractivity contribution in [3.05, 3.63) is 0 Å². The molecule has 0 N–H and O–H groups in total. The zero-order valence-electron chi connectivity index (χ0n) is 6.06. The number of hydrogen-bond donors (Lipinski definition) is 0. The highest BCUT2D eigenvalue weighted by atomic mass is 32.2. The van der Waals surface area contributed by atoms with E-state index in [1.807, 2.05) is 0 Å². The van der Waals surface area contributed by atoms with Crippen LogP contribution in [0.3, 0.4) is 0 Å². The van der Waals surface area contributed by atoms with E-state index in [0.29, 0.717) is 4.32 Å². The van der Waals surface area contributed by atoms with Gasteiger partial charge in [-0.15, -0.1) is 5.11 Å². The summed E-state index contributed by atoms with van der Waals surface area (Å²) >= 11 is 6.49. The van der Waals surface area contributed by atoms with Gasteiger partial charge in [0.05, 0.1) is 0 Å². The van der Waals surface area contributed by atoms with Crippen LogP contribution in [0.25, 0.3) is 0 Å². The van der Waals surface area contributed by atoms with Crippen molar-refractivity contribution in [3.63, 3.8) is 0 Å². The third-order valence-corrected chi connectivity index (χ3v) is 3.15. The van der Waals surface area contributed by atoms with Crippen molar-refractivity contribution in [1.82, 2.24) is 4.90 Å². The lowest BCUT2D eigenvalue weighted by Crippen LogP contribution is -2.26. The van der Waals surface area contributed by atoms with Gasteiger partial charge in [0.25, 0.3) is 0 Å². The van der Waals surface area contributed by atoms with Crippen LogP contribution in [0.1, 0.15) is 12.8 Å². The molecule has 2 aliphatic heterocycles. The Morgan fingerprint density at radius 2 is 2.18 bits per heavy atom. The predicted molar refractivity (Wildman–Crippen MR) is 49.6 cm³/mol. The van der Waals surface area contributed by atoms with Crippen molar-refractivity contribution in [1.29, 1.82) is 0 Å². The fourth-order valence-electron chi connectivity index (χ4n) is 1.34. The Hall–Kier alpha value is -0.0000000000000000555. The Morgan fingerprint density at radius 3 is 2.73 bits per heavy atom. The second kappa shape index (κ2) is 3.16. The van der Waals surface area contributed by atoms with Crippen molar-refractivity contribution >= 4 is 28.3 Å². The molecule has 0 aromatic heterocycles. The van der Waals surface area contributed by atoms with Crippen molar-refractivity contribution in [2.24, 2.45) is 10.2 Å². The monoisotopic (exact) mass is 187 g/mol. The SMILES string of the molecule is S=C1N=NC(N2CCCC2)S1. The number of likely N-dealkylation sites (tertiary alicyclic amines) is 1. The van der Waals surface area contributed by atoms with E-state index in [9.17, 15) is 0 Å². The second-order valence-electron chi connectivity index (χ2n) is 2.67. The van der Waals surface area contributed by atoms with Gasteiger partial charge in [0.2, 0.25) is 0 Å². The van der Waals surface area contributed by atoms with Crippen LogP contribution in [-0.2, 0) is 0 Å². The summed E-state index contributed by atoms with van der Waals surface area (Å²) in [4.78, 5) is 2.33. The van der Waals surface area contributed by atoms with Crippen LogP contribution < -0.4 is 0 Å². The molecule has 0 amide bonds. The number of thioether (sulfide) groups is 1. The molecule has 0 bridgehead atoms. The third-order valence-electron chi connectivity index (χ3n) is 1.90. The highest BCUT2D eigenvalue weighted by Crippen LogP contribution is 2.28. The molecule has 0 radical (unpaired) electrons. The molecular formula is C6H9N3S2. The molecule has 0 aromatic carbocycles. The molecule has 2 heterocycles. The zero-order valence-corrected chi connectivity index (χ0v) is 7.70. The first kappa shape index (κ1) is 7.64. The van der Waals surface area contributed by atoms with Gasteiger partial charge in [0, 0.05) is 13.1 Å². The maximum atomic E-state index is 4.91. The topological polar surface area (TPSA) is 28.0 Å². The molecule has 0 saturated carbocycles. The van der Waals surface area contributed by atoms with Gasteiger partial charge in [0.15, 0.2) is 9.82 Å². The Bertz CT molecular complexity index is 198. The van der Waals surface area contributed by atoms with E-state index in [1.54, 1.807) is 11.8 Å². The standard InChI is InChI=1S/C6H9N3S2/c10-6-8-7-5(11-6)9-3-1-2-4-9/h5H,1-4H2. The van der Waals surface area contributed by atoms with Gasteiger partial charge >= 0.3 is 0 Å². The van der Waals surface area contributed by atoms with E-state index in [-0.39, 0.29) is 5.50 Å². The van der Waals surface area contributed by atoms with Crippen LogP contribution in [-0.4, -0.2) is 27.8 Å². The van der Waals surface area contributed by atoms with Gasteiger partial charge in [-0.05, 0) is 36.8 Å². The van der Waals surface area contributed by atoms with Crippen LogP contribution in [0, 0.1) is 0 Å². The molecule has 3 nitrogen and oxygen atoms in total. The highest BCUT2D eigenvalue weighted by molar-refractivity contribution is 8.23. The van der Waals surface area contributed by atoms with Crippen LogP contribution in [0.2, 0.25) is 0 Å². The van der Waals surface area contributed by atoms with E-state index in [4.69, 9.17) is 12.2 Å². The minimum absolute atomic E-state index is 0.199. The maximum absolute atomic E-state index is 4.91. The summed E-state index contributed by atoms with van der Waals surface area (Å²) in [5.74, 6) is 0. The summed E-state index contributed by atoms with van der Waals surface area (Å²) in [5, 5.41) is 7.91. The smallest absolute Gasteiger partial charge is 0.185 e. The molecule has 1 fully saturated rings. The Balaban J connectivity index is 1.96. The molecule has 60 valence electrons. The molecule has 1 atom stereocenters. The number of azo groups is 1. The van der Waals surface area contributed by atoms with E-state index in [2.05, 4.69) is 15.1 Å². The van der Waals surface area contributed by atoms with E-state index >= 15 is 0 Å². The van der Waals surface area contributed by atoms with Crippen LogP contribution in [0.15, 0.2) is 10.2 Å². The van der Waals surface area contributed by atoms with E-state index in [0.717, 1.165) is 13.1 Å². The first-order chi connectivity index (χ1) is 5.36. The molecule has 5 heteroatoms. The van der Waals surface area contributed by atoms with Gasteiger partial charge in [-0.3, -0.25) is 4.90 Å².